The molecular weight excluding hydrogens is 108 g/mol. The van der Waals surface area contributed by atoms with E-state index in [0.29, 0.717) is 0 Å². The van der Waals surface area contributed by atoms with Crippen LogP contribution in [0.5, 0.6) is 0 Å². The lowest BCUT2D eigenvalue weighted by atomic mass is 10.2. The normalized spacial score (nSPS) is 12.8. The second kappa shape index (κ2) is 2.42. The highest BCUT2D eigenvalue weighted by atomic mass is 16.2. The van der Waals surface area contributed by atoms with Crippen molar-refractivity contribution in [2.45, 2.75) is 13.0 Å². The van der Waals surface area contributed by atoms with Crippen molar-refractivity contribution < 1.29 is 9.59 Å². The third kappa shape index (κ3) is 1.70. The van der Waals surface area contributed by atoms with Crippen LogP contribution in [0.3, 0.4) is 0 Å². The van der Waals surface area contributed by atoms with Gasteiger partial charge in [0.25, 0.3) is 5.91 Å². The highest BCUT2D eigenvalue weighted by Gasteiger charge is 2.12. The number of carbonyl (C=O) groups is 2. The molecule has 1 unspecified atom stereocenters. The molecule has 0 aromatic rings. The summed E-state index contributed by atoms with van der Waals surface area (Å²) >= 11 is 0. The van der Waals surface area contributed by atoms with Gasteiger partial charge < -0.3 is 11.5 Å². The fourth-order valence-corrected chi connectivity index (χ4v) is 0.224. The molecule has 0 aromatic carbocycles. The third-order valence-corrected chi connectivity index (χ3v) is 0.656. The standard InChI is InChI=1S/C4H8N2O2/c1-2(5)3(7)4(6)8/h2H,5H2,1H3,(H2,6,8). The molecule has 0 aromatic heterocycles. The van der Waals surface area contributed by atoms with E-state index < -0.39 is 17.7 Å². The van der Waals surface area contributed by atoms with Gasteiger partial charge in [-0.25, -0.2) is 0 Å². The lowest BCUT2D eigenvalue weighted by molar-refractivity contribution is -0.136. The highest BCUT2D eigenvalue weighted by molar-refractivity contribution is 6.37. The quantitative estimate of drug-likeness (QED) is 0.425. The van der Waals surface area contributed by atoms with Crippen LogP contribution in [-0.2, 0) is 9.59 Å². The molecule has 0 radical (unpaired) electrons. The van der Waals surface area contributed by atoms with Crippen molar-refractivity contribution in [1.29, 1.82) is 0 Å². The van der Waals surface area contributed by atoms with Gasteiger partial charge in [-0.2, -0.15) is 0 Å². The van der Waals surface area contributed by atoms with Gasteiger partial charge in [0.05, 0.1) is 6.04 Å². The Morgan fingerprint density at radius 1 is 1.50 bits per heavy atom. The molecule has 0 bridgehead atoms. The van der Waals surface area contributed by atoms with Gasteiger partial charge in [0.15, 0.2) is 0 Å². The molecular formula is C4H8N2O2. The van der Waals surface area contributed by atoms with E-state index in [1.807, 2.05) is 0 Å². The zero-order chi connectivity index (χ0) is 6.73. The second-order valence-corrected chi connectivity index (χ2v) is 1.52. The van der Waals surface area contributed by atoms with Crippen LogP contribution in [0.4, 0.5) is 0 Å². The molecule has 4 nitrogen and oxygen atoms in total. The van der Waals surface area contributed by atoms with Gasteiger partial charge in [-0.1, -0.05) is 0 Å². The number of primary amides is 1. The predicted molar refractivity (Wildman–Crippen MR) is 27.9 cm³/mol. The van der Waals surface area contributed by atoms with Crippen LogP contribution < -0.4 is 11.5 Å². The maximum Gasteiger partial charge on any atom is 0.286 e. The van der Waals surface area contributed by atoms with E-state index in [9.17, 15) is 9.59 Å². The first-order valence-electron chi connectivity index (χ1n) is 2.15. The Bertz CT molecular complexity index is 119. The summed E-state index contributed by atoms with van der Waals surface area (Å²) in [6.45, 7) is 1.41. The average molecular weight is 116 g/mol. The van der Waals surface area contributed by atoms with Crippen LogP contribution in [0.25, 0.3) is 0 Å². The molecule has 0 aliphatic carbocycles. The maximum absolute atomic E-state index is 10.2. The zero-order valence-electron chi connectivity index (χ0n) is 4.55. The number of Topliss-reactive ketones (excluding diaryl/α,β-unsaturated/α-hetero) is 1. The molecule has 1 atom stereocenters. The Labute approximate surface area is 46.8 Å². The summed E-state index contributed by atoms with van der Waals surface area (Å²) in [5.74, 6) is -1.70. The number of nitrogens with two attached hydrogens (primary N) is 2. The van der Waals surface area contributed by atoms with Crippen molar-refractivity contribution in [2.24, 2.45) is 11.5 Å². The second-order valence-electron chi connectivity index (χ2n) is 1.52. The first kappa shape index (κ1) is 7.10. The number of hydrogen-bond donors (Lipinski definition) is 2. The molecule has 1 amide bonds. The first-order valence-corrected chi connectivity index (χ1v) is 2.15. The summed E-state index contributed by atoms with van der Waals surface area (Å²) in [5.41, 5.74) is 9.55. The van der Waals surface area contributed by atoms with Crippen LogP contribution in [0.2, 0.25) is 0 Å². The monoisotopic (exact) mass is 116 g/mol. The van der Waals surface area contributed by atoms with E-state index in [1.165, 1.54) is 6.92 Å². The van der Waals surface area contributed by atoms with Crippen molar-refractivity contribution in [3.8, 4) is 0 Å². The summed E-state index contributed by atoms with van der Waals surface area (Å²) in [6.07, 6.45) is 0. The molecule has 0 rings (SSSR count). The van der Waals surface area contributed by atoms with E-state index in [2.05, 4.69) is 5.73 Å². The molecule has 4 N–H and O–H groups in total. The molecule has 0 fully saturated rings. The van der Waals surface area contributed by atoms with Gasteiger partial charge in [-0.05, 0) is 6.92 Å². The lowest BCUT2D eigenvalue weighted by Crippen LogP contribution is -2.37. The Morgan fingerprint density at radius 3 is 1.88 bits per heavy atom. The minimum atomic E-state index is -0.972. The van der Waals surface area contributed by atoms with Crippen LogP contribution in [0.1, 0.15) is 6.92 Å². The summed E-state index contributed by atoms with van der Waals surface area (Å²) in [7, 11) is 0. The molecule has 0 aliphatic rings. The molecule has 0 spiro atoms. The predicted octanol–water partition coefficient (Wildman–Crippen LogP) is -1.61. The number of carbonyl (C=O) groups excluding carboxylic acids is 2. The molecule has 4 heteroatoms. The average Bonchev–Trinajstić information content (AvgIpc) is 1.64. The summed E-state index contributed by atoms with van der Waals surface area (Å²) in [6, 6.07) is -0.771. The van der Waals surface area contributed by atoms with Crippen LogP contribution >= 0.6 is 0 Å². The van der Waals surface area contributed by atoms with E-state index in [4.69, 9.17) is 5.73 Å². The van der Waals surface area contributed by atoms with Crippen molar-refractivity contribution in [2.75, 3.05) is 0 Å². The van der Waals surface area contributed by atoms with E-state index in [0.717, 1.165) is 0 Å². The summed E-state index contributed by atoms with van der Waals surface area (Å²) < 4.78 is 0. The Morgan fingerprint density at radius 2 is 1.88 bits per heavy atom. The molecule has 0 saturated carbocycles. The van der Waals surface area contributed by atoms with Gasteiger partial charge in [-0.3, -0.25) is 9.59 Å². The molecule has 8 heavy (non-hydrogen) atoms. The SMILES string of the molecule is CC(N)C(=O)C(N)=O. The zero-order valence-corrected chi connectivity index (χ0v) is 4.55. The minimum absolute atomic E-state index is 0.731. The smallest absolute Gasteiger partial charge is 0.286 e. The molecule has 0 saturated heterocycles. The largest absolute Gasteiger partial charge is 0.363 e. The Kier molecular flexibility index (Phi) is 2.15. The fourth-order valence-electron chi connectivity index (χ4n) is 0.224. The molecule has 46 valence electrons. The first-order chi connectivity index (χ1) is 3.55. The summed E-state index contributed by atoms with van der Waals surface area (Å²) in [4.78, 5) is 20.2. The van der Waals surface area contributed by atoms with Crippen molar-refractivity contribution >= 4 is 11.7 Å². The van der Waals surface area contributed by atoms with Crippen LogP contribution in [-0.4, -0.2) is 17.7 Å². The van der Waals surface area contributed by atoms with Crippen molar-refractivity contribution in [3.05, 3.63) is 0 Å². The van der Waals surface area contributed by atoms with Crippen LogP contribution in [0.15, 0.2) is 0 Å². The topological polar surface area (TPSA) is 86.2 Å². The van der Waals surface area contributed by atoms with Crippen LogP contribution in [0, 0.1) is 0 Å². The fraction of sp³-hybridized carbons (Fsp3) is 0.500. The lowest BCUT2D eigenvalue weighted by Gasteiger charge is -1.95. The molecule has 0 heterocycles. The maximum atomic E-state index is 10.2. The van der Waals surface area contributed by atoms with Gasteiger partial charge in [-0.15, -0.1) is 0 Å². The van der Waals surface area contributed by atoms with Crippen molar-refractivity contribution in [1.82, 2.24) is 0 Å². The van der Waals surface area contributed by atoms with Gasteiger partial charge >= 0.3 is 0 Å². The molecule has 0 aliphatic heterocycles. The number of amides is 1. The van der Waals surface area contributed by atoms with E-state index in [-0.39, 0.29) is 0 Å². The van der Waals surface area contributed by atoms with Crippen molar-refractivity contribution in [3.63, 3.8) is 0 Å². The van der Waals surface area contributed by atoms with Gasteiger partial charge in [0.2, 0.25) is 5.78 Å². The third-order valence-electron chi connectivity index (χ3n) is 0.656. The number of rotatable bonds is 2. The van der Waals surface area contributed by atoms with Gasteiger partial charge in [0.1, 0.15) is 0 Å². The Hall–Kier alpha value is -0.900. The van der Waals surface area contributed by atoms with E-state index in [1.54, 1.807) is 0 Å². The number of ketones is 1. The Balaban J connectivity index is 3.84. The van der Waals surface area contributed by atoms with Gasteiger partial charge in [0, 0.05) is 0 Å². The number of hydrogen-bond acceptors (Lipinski definition) is 3. The minimum Gasteiger partial charge on any atom is -0.363 e. The van der Waals surface area contributed by atoms with E-state index >= 15 is 0 Å². The highest BCUT2D eigenvalue weighted by Crippen LogP contribution is 1.75. The summed E-state index contributed by atoms with van der Waals surface area (Å²) in [5, 5.41) is 0.